The summed E-state index contributed by atoms with van der Waals surface area (Å²) in [5, 5.41) is 2.83. The third-order valence-corrected chi connectivity index (χ3v) is 2.48. The predicted octanol–water partition coefficient (Wildman–Crippen LogP) is 1.47. The predicted molar refractivity (Wildman–Crippen MR) is 65.9 cm³/mol. The SMILES string of the molecule is CC(C)NC(=O)C(CN)Cc1ccc(F)cc1. The van der Waals surface area contributed by atoms with Gasteiger partial charge in [0.15, 0.2) is 0 Å². The summed E-state index contributed by atoms with van der Waals surface area (Å²) in [7, 11) is 0. The van der Waals surface area contributed by atoms with Gasteiger partial charge >= 0.3 is 0 Å². The summed E-state index contributed by atoms with van der Waals surface area (Å²) in [5.41, 5.74) is 6.51. The van der Waals surface area contributed by atoms with Crippen molar-refractivity contribution in [3.05, 3.63) is 35.6 Å². The van der Waals surface area contributed by atoms with E-state index in [-0.39, 0.29) is 30.2 Å². The van der Waals surface area contributed by atoms with Crippen LogP contribution in [0.1, 0.15) is 19.4 Å². The van der Waals surface area contributed by atoms with Crippen molar-refractivity contribution in [3.63, 3.8) is 0 Å². The van der Waals surface area contributed by atoms with Gasteiger partial charge in [-0.1, -0.05) is 12.1 Å². The Morgan fingerprint density at radius 1 is 1.35 bits per heavy atom. The zero-order chi connectivity index (χ0) is 12.8. The molecule has 1 aromatic rings. The maximum atomic E-state index is 12.7. The number of carbonyl (C=O) groups is 1. The van der Waals surface area contributed by atoms with E-state index >= 15 is 0 Å². The molecule has 0 heterocycles. The van der Waals surface area contributed by atoms with Crippen LogP contribution in [0.3, 0.4) is 0 Å². The molecular weight excluding hydrogens is 219 g/mol. The minimum absolute atomic E-state index is 0.0492. The summed E-state index contributed by atoms with van der Waals surface area (Å²) in [4.78, 5) is 11.8. The van der Waals surface area contributed by atoms with E-state index in [4.69, 9.17) is 5.73 Å². The quantitative estimate of drug-likeness (QED) is 0.816. The number of nitrogens with one attached hydrogen (secondary N) is 1. The molecule has 0 radical (unpaired) electrons. The summed E-state index contributed by atoms with van der Waals surface area (Å²) in [5.74, 6) is -0.584. The number of benzene rings is 1. The molecule has 0 aliphatic carbocycles. The highest BCUT2D eigenvalue weighted by atomic mass is 19.1. The van der Waals surface area contributed by atoms with Gasteiger partial charge < -0.3 is 11.1 Å². The third-order valence-electron chi connectivity index (χ3n) is 2.48. The van der Waals surface area contributed by atoms with E-state index in [1.54, 1.807) is 12.1 Å². The maximum Gasteiger partial charge on any atom is 0.224 e. The second kappa shape index (κ2) is 6.35. The van der Waals surface area contributed by atoms with Crippen LogP contribution in [-0.2, 0) is 11.2 Å². The standard InChI is InChI=1S/C13H19FN2O/c1-9(2)16-13(17)11(8-15)7-10-3-5-12(14)6-4-10/h3-6,9,11H,7-8,15H2,1-2H3,(H,16,17). The molecule has 3 nitrogen and oxygen atoms in total. The molecule has 1 aromatic carbocycles. The van der Waals surface area contributed by atoms with Crippen LogP contribution in [0, 0.1) is 11.7 Å². The van der Waals surface area contributed by atoms with E-state index in [0.717, 1.165) is 5.56 Å². The van der Waals surface area contributed by atoms with Crippen molar-refractivity contribution in [1.82, 2.24) is 5.32 Å². The van der Waals surface area contributed by atoms with Gasteiger partial charge in [0, 0.05) is 12.6 Å². The molecule has 0 aliphatic heterocycles. The fraction of sp³-hybridized carbons (Fsp3) is 0.462. The molecule has 0 fully saturated rings. The first-order valence-corrected chi connectivity index (χ1v) is 5.77. The lowest BCUT2D eigenvalue weighted by Gasteiger charge is -2.16. The van der Waals surface area contributed by atoms with Gasteiger partial charge in [0.25, 0.3) is 0 Å². The Hall–Kier alpha value is -1.42. The molecule has 1 unspecified atom stereocenters. The molecule has 1 atom stereocenters. The van der Waals surface area contributed by atoms with Gasteiger partial charge in [-0.3, -0.25) is 4.79 Å². The first kappa shape index (κ1) is 13.6. The number of halogens is 1. The highest BCUT2D eigenvalue weighted by Crippen LogP contribution is 2.09. The summed E-state index contributed by atoms with van der Waals surface area (Å²) < 4.78 is 12.7. The van der Waals surface area contributed by atoms with Crippen LogP contribution in [0.2, 0.25) is 0 Å². The van der Waals surface area contributed by atoms with Gasteiger partial charge in [0.2, 0.25) is 5.91 Å². The van der Waals surface area contributed by atoms with Gasteiger partial charge in [-0.2, -0.15) is 0 Å². The molecule has 0 saturated heterocycles. The van der Waals surface area contributed by atoms with E-state index in [0.29, 0.717) is 6.42 Å². The minimum Gasteiger partial charge on any atom is -0.354 e. The highest BCUT2D eigenvalue weighted by molar-refractivity contribution is 5.79. The Kier molecular flexibility index (Phi) is 5.10. The molecule has 0 spiro atoms. The first-order chi connectivity index (χ1) is 8.02. The molecular formula is C13H19FN2O. The second-order valence-electron chi connectivity index (χ2n) is 4.43. The van der Waals surface area contributed by atoms with E-state index in [9.17, 15) is 9.18 Å². The number of hydrogen-bond acceptors (Lipinski definition) is 2. The van der Waals surface area contributed by atoms with Crippen molar-refractivity contribution in [1.29, 1.82) is 0 Å². The van der Waals surface area contributed by atoms with Gasteiger partial charge in [-0.05, 0) is 38.0 Å². The van der Waals surface area contributed by atoms with E-state index in [2.05, 4.69) is 5.32 Å². The Labute approximate surface area is 101 Å². The second-order valence-corrected chi connectivity index (χ2v) is 4.43. The van der Waals surface area contributed by atoms with Crippen molar-refractivity contribution in [2.24, 2.45) is 11.7 Å². The summed E-state index contributed by atoms with van der Waals surface area (Å²) in [6.45, 7) is 4.10. The molecule has 3 N–H and O–H groups in total. The van der Waals surface area contributed by atoms with Crippen LogP contribution in [0.25, 0.3) is 0 Å². The number of carbonyl (C=O) groups excluding carboxylic acids is 1. The van der Waals surface area contributed by atoms with E-state index in [1.165, 1.54) is 12.1 Å². The number of nitrogens with two attached hydrogens (primary N) is 1. The van der Waals surface area contributed by atoms with Crippen LogP contribution in [0.15, 0.2) is 24.3 Å². The summed E-state index contributed by atoms with van der Waals surface area (Å²) in [6, 6.07) is 6.25. The Morgan fingerprint density at radius 2 is 1.94 bits per heavy atom. The average molecular weight is 238 g/mol. The Morgan fingerprint density at radius 3 is 2.41 bits per heavy atom. The normalized spacial score (nSPS) is 12.5. The maximum absolute atomic E-state index is 12.7. The van der Waals surface area contributed by atoms with Crippen molar-refractivity contribution in [2.45, 2.75) is 26.3 Å². The first-order valence-electron chi connectivity index (χ1n) is 5.77. The topological polar surface area (TPSA) is 55.1 Å². The molecule has 1 rings (SSSR count). The number of hydrogen-bond donors (Lipinski definition) is 2. The fourth-order valence-corrected chi connectivity index (χ4v) is 1.59. The van der Waals surface area contributed by atoms with E-state index < -0.39 is 0 Å². The largest absolute Gasteiger partial charge is 0.354 e. The van der Waals surface area contributed by atoms with Crippen LogP contribution in [-0.4, -0.2) is 18.5 Å². The highest BCUT2D eigenvalue weighted by Gasteiger charge is 2.17. The lowest BCUT2D eigenvalue weighted by atomic mass is 9.98. The molecule has 0 bridgehead atoms. The Balaban J connectivity index is 2.63. The molecule has 0 aliphatic rings. The van der Waals surface area contributed by atoms with Gasteiger partial charge in [-0.15, -0.1) is 0 Å². The summed E-state index contributed by atoms with van der Waals surface area (Å²) >= 11 is 0. The Bertz CT molecular complexity index is 362. The summed E-state index contributed by atoms with van der Waals surface area (Å²) in [6.07, 6.45) is 0.537. The van der Waals surface area contributed by atoms with Crippen LogP contribution in [0.5, 0.6) is 0 Å². The van der Waals surface area contributed by atoms with Gasteiger partial charge in [0.1, 0.15) is 5.82 Å². The van der Waals surface area contributed by atoms with Crippen molar-refractivity contribution >= 4 is 5.91 Å². The van der Waals surface area contributed by atoms with Crippen LogP contribution < -0.4 is 11.1 Å². The lowest BCUT2D eigenvalue weighted by molar-refractivity contribution is -0.125. The fourth-order valence-electron chi connectivity index (χ4n) is 1.59. The molecule has 0 aromatic heterocycles. The van der Waals surface area contributed by atoms with Crippen molar-refractivity contribution in [3.8, 4) is 0 Å². The molecule has 1 amide bonds. The molecule has 94 valence electrons. The minimum atomic E-state index is -0.273. The van der Waals surface area contributed by atoms with Crippen molar-refractivity contribution in [2.75, 3.05) is 6.54 Å². The van der Waals surface area contributed by atoms with Crippen LogP contribution >= 0.6 is 0 Å². The number of amides is 1. The van der Waals surface area contributed by atoms with Crippen molar-refractivity contribution < 1.29 is 9.18 Å². The van der Waals surface area contributed by atoms with Gasteiger partial charge in [0.05, 0.1) is 5.92 Å². The van der Waals surface area contributed by atoms with E-state index in [1.807, 2.05) is 13.8 Å². The molecule has 0 saturated carbocycles. The smallest absolute Gasteiger partial charge is 0.224 e. The molecule has 17 heavy (non-hydrogen) atoms. The monoisotopic (exact) mass is 238 g/mol. The molecule has 4 heteroatoms. The zero-order valence-corrected chi connectivity index (χ0v) is 10.2. The van der Waals surface area contributed by atoms with Gasteiger partial charge in [-0.25, -0.2) is 4.39 Å². The number of rotatable bonds is 5. The third kappa shape index (κ3) is 4.53. The van der Waals surface area contributed by atoms with Crippen LogP contribution in [0.4, 0.5) is 4.39 Å². The zero-order valence-electron chi connectivity index (χ0n) is 10.2. The average Bonchev–Trinajstić information content (AvgIpc) is 2.27. The lowest BCUT2D eigenvalue weighted by Crippen LogP contribution is -2.39.